The number of rotatable bonds is 5. The molecule has 1 aromatic rings. The minimum absolute atomic E-state index is 0.106. The van der Waals surface area contributed by atoms with Gasteiger partial charge in [0.2, 0.25) is 0 Å². The molecule has 18 heavy (non-hydrogen) atoms. The fourth-order valence-electron chi connectivity index (χ4n) is 2.52. The van der Waals surface area contributed by atoms with Gasteiger partial charge in [-0.05, 0) is 44.2 Å². The number of para-hydroxylation sites is 1. The van der Waals surface area contributed by atoms with Crippen molar-refractivity contribution in [3.63, 3.8) is 0 Å². The maximum absolute atomic E-state index is 10.2. The number of benzene rings is 1. The fraction of sp³-hybridized carbons (Fsp3) is 0.600. The van der Waals surface area contributed by atoms with Gasteiger partial charge in [-0.3, -0.25) is 0 Å². The lowest BCUT2D eigenvalue weighted by Crippen LogP contribution is -2.29. The number of hydrogen-bond donors (Lipinski definition) is 1. The quantitative estimate of drug-likeness (QED) is 0.873. The summed E-state index contributed by atoms with van der Waals surface area (Å²) in [7, 11) is 0. The van der Waals surface area contributed by atoms with Gasteiger partial charge in [-0.15, -0.1) is 0 Å². The van der Waals surface area contributed by atoms with Gasteiger partial charge in [-0.25, -0.2) is 0 Å². The fourth-order valence-corrected chi connectivity index (χ4v) is 2.52. The molecular weight excluding hydrogens is 228 g/mol. The predicted octanol–water partition coefficient (Wildman–Crippen LogP) is 2.73. The van der Waals surface area contributed by atoms with E-state index in [2.05, 4.69) is 6.07 Å². The zero-order valence-corrected chi connectivity index (χ0v) is 11.1. The first-order chi connectivity index (χ1) is 8.72. The maximum atomic E-state index is 10.2. The minimum Gasteiger partial charge on any atom is -0.493 e. The first kappa shape index (κ1) is 13.4. The van der Waals surface area contributed by atoms with Crippen LogP contribution in [0.25, 0.3) is 0 Å². The van der Waals surface area contributed by atoms with Crippen LogP contribution in [-0.2, 0) is 4.74 Å². The smallest absolute Gasteiger partial charge is 0.122 e. The maximum Gasteiger partial charge on any atom is 0.122 e. The second kappa shape index (κ2) is 6.21. The van der Waals surface area contributed by atoms with E-state index >= 15 is 0 Å². The average Bonchev–Trinajstić information content (AvgIpc) is 2.39. The van der Waals surface area contributed by atoms with E-state index in [4.69, 9.17) is 9.47 Å². The lowest BCUT2D eigenvalue weighted by atomic mass is 9.87. The zero-order chi connectivity index (χ0) is 13.0. The Labute approximate surface area is 109 Å². The highest BCUT2D eigenvalue weighted by atomic mass is 16.5. The monoisotopic (exact) mass is 250 g/mol. The van der Waals surface area contributed by atoms with Crippen molar-refractivity contribution in [2.75, 3.05) is 13.2 Å². The highest BCUT2D eigenvalue weighted by Gasteiger charge is 2.25. The van der Waals surface area contributed by atoms with Gasteiger partial charge in [0.15, 0.2) is 0 Å². The van der Waals surface area contributed by atoms with E-state index < -0.39 is 6.10 Å². The Hall–Kier alpha value is -1.06. The molecule has 0 amide bonds. The third-order valence-corrected chi connectivity index (χ3v) is 3.58. The number of aliphatic hydroxyl groups is 1. The zero-order valence-electron chi connectivity index (χ0n) is 11.1. The number of fused-ring (bicyclic) bond motifs is 1. The predicted molar refractivity (Wildman–Crippen MR) is 71.0 cm³/mol. The number of aliphatic hydroxyl groups excluding tert-OH is 1. The molecule has 2 rings (SSSR count). The molecular formula is C15H22O3. The molecule has 3 nitrogen and oxygen atoms in total. The van der Waals surface area contributed by atoms with Crippen molar-refractivity contribution in [2.24, 2.45) is 0 Å². The van der Waals surface area contributed by atoms with Crippen molar-refractivity contribution in [3.05, 3.63) is 29.8 Å². The molecule has 3 atom stereocenters. The molecule has 1 aromatic carbocycles. The highest BCUT2D eigenvalue weighted by Crippen LogP contribution is 2.36. The molecule has 0 saturated carbocycles. The van der Waals surface area contributed by atoms with Crippen LogP contribution < -0.4 is 4.74 Å². The summed E-state index contributed by atoms with van der Waals surface area (Å²) in [5.41, 5.74) is 1.21. The van der Waals surface area contributed by atoms with Gasteiger partial charge in [-0.2, -0.15) is 0 Å². The molecule has 0 saturated heterocycles. The summed E-state index contributed by atoms with van der Waals surface area (Å²) in [6.07, 6.45) is 1.18. The molecule has 0 spiro atoms. The van der Waals surface area contributed by atoms with Crippen LogP contribution in [0.2, 0.25) is 0 Å². The van der Waals surface area contributed by atoms with Gasteiger partial charge in [0.1, 0.15) is 5.75 Å². The first-order valence-corrected chi connectivity index (χ1v) is 6.73. The third kappa shape index (κ3) is 3.03. The summed E-state index contributed by atoms with van der Waals surface area (Å²) < 4.78 is 11.1. The summed E-state index contributed by atoms with van der Waals surface area (Å²) in [6.45, 7) is 5.26. The lowest BCUT2D eigenvalue weighted by Gasteiger charge is -2.29. The summed E-state index contributed by atoms with van der Waals surface area (Å²) in [5, 5.41) is 10.2. The molecule has 1 aliphatic rings. The molecule has 0 bridgehead atoms. The Kier molecular flexibility index (Phi) is 4.61. The standard InChI is InChI=1S/C15H22O3/c1-3-17-11(2)14(16)10-12-8-9-18-15-7-5-4-6-13(12)15/h4-7,11-12,14,16H,3,8-10H2,1-2H3. The van der Waals surface area contributed by atoms with Gasteiger partial charge < -0.3 is 14.6 Å². The summed E-state index contributed by atoms with van der Waals surface area (Å²) >= 11 is 0. The van der Waals surface area contributed by atoms with Crippen LogP contribution in [0.1, 0.15) is 38.2 Å². The second-order valence-electron chi connectivity index (χ2n) is 4.84. The molecule has 3 unspecified atom stereocenters. The second-order valence-corrected chi connectivity index (χ2v) is 4.84. The lowest BCUT2D eigenvalue weighted by molar-refractivity contribution is -0.0288. The molecule has 0 radical (unpaired) electrons. The van der Waals surface area contributed by atoms with E-state index in [0.717, 1.165) is 25.2 Å². The van der Waals surface area contributed by atoms with Crippen molar-refractivity contribution in [3.8, 4) is 5.75 Å². The Morgan fingerprint density at radius 3 is 3.00 bits per heavy atom. The van der Waals surface area contributed by atoms with Crippen LogP contribution in [0.4, 0.5) is 0 Å². The van der Waals surface area contributed by atoms with Gasteiger partial charge in [0, 0.05) is 6.61 Å². The molecule has 1 N–H and O–H groups in total. The third-order valence-electron chi connectivity index (χ3n) is 3.58. The highest BCUT2D eigenvalue weighted by molar-refractivity contribution is 5.37. The first-order valence-electron chi connectivity index (χ1n) is 6.73. The van der Waals surface area contributed by atoms with Crippen LogP contribution in [0.15, 0.2) is 24.3 Å². The molecule has 3 heteroatoms. The van der Waals surface area contributed by atoms with E-state index in [-0.39, 0.29) is 6.10 Å². The van der Waals surface area contributed by atoms with Crippen LogP contribution in [0.5, 0.6) is 5.75 Å². The number of ether oxygens (including phenoxy) is 2. The van der Waals surface area contributed by atoms with Gasteiger partial charge >= 0.3 is 0 Å². The van der Waals surface area contributed by atoms with Crippen LogP contribution in [0.3, 0.4) is 0 Å². The van der Waals surface area contributed by atoms with Crippen molar-refractivity contribution in [1.82, 2.24) is 0 Å². The largest absolute Gasteiger partial charge is 0.493 e. The summed E-state index contributed by atoms with van der Waals surface area (Å²) in [6, 6.07) is 8.11. The van der Waals surface area contributed by atoms with Crippen LogP contribution in [0, 0.1) is 0 Å². The SMILES string of the molecule is CCOC(C)C(O)CC1CCOc2ccccc21. The van der Waals surface area contributed by atoms with Crippen LogP contribution >= 0.6 is 0 Å². The van der Waals surface area contributed by atoms with Crippen molar-refractivity contribution < 1.29 is 14.6 Å². The normalized spacial score (nSPS) is 21.8. The van der Waals surface area contributed by atoms with E-state index in [1.807, 2.05) is 32.0 Å². The Morgan fingerprint density at radius 2 is 2.22 bits per heavy atom. The van der Waals surface area contributed by atoms with Gasteiger partial charge in [0.05, 0.1) is 18.8 Å². The van der Waals surface area contributed by atoms with Crippen molar-refractivity contribution >= 4 is 0 Å². The number of hydrogen-bond acceptors (Lipinski definition) is 3. The van der Waals surface area contributed by atoms with E-state index in [1.54, 1.807) is 0 Å². The Balaban J connectivity index is 2.02. The summed E-state index contributed by atoms with van der Waals surface area (Å²) in [4.78, 5) is 0. The van der Waals surface area contributed by atoms with Crippen LogP contribution in [-0.4, -0.2) is 30.5 Å². The Bertz CT molecular complexity index is 378. The van der Waals surface area contributed by atoms with Crippen molar-refractivity contribution in [2.45, 2.75) is 44.8 Å². The van der Waals surface area contributed by atoms with E-state index in [1.165, 1.54) is 5.56 Å². The van der Waals surface area contributed by atoms with E-state index in [0.29, 0.717) is 12.5 Å². The van der Waals surface area contributed by atoms with Gasteiger partial charge in [-0.1, -0.05) is 18.2 Å². The molecule has 1 heterocycles. The molecule has 0 fully saturated rings. The Morgan fingerprint density at radius 1 is 1.44 bits per heavy atom. The molecule has 100 valence electrons. The average molecular weight is 250 g/mol. The minimum atomic E-state index is -0.416. The topological polar surface area (TPSA) is 38.7 Å². The summed E-state index contributed by atoms with van der Waals surface area (Å²) in [5.74, 6) is 1.33. The molecule has 0 aliphatic carbocycles. The van der Waals surface area contributed by atoms with Crippen molar-refractivity contribution in [1.29, 1.82) is 0 Å². The van der Waals surface area contributed by atoms with E-state index in [9.17, 15) is 5.11 Å². The molecule has 1 aliphatic heterocycles. The molecule has 0 aromatic heterocycles. The van der Waals surface area contributed by atoms with Gasteiger partial charge in [0.25, 0.3) is 0 Å².